The van der Waals surface area contributed by atoms with E-state index in [-0.39, 0.29) is 0 Å². The predicted molar refractivity (Wildman–Crippen MR) is 69.1 cm³/mol. The number of benzene rings is 1. The zero-order valence-corrected chi connectivity index (χ0v) is 11.1. The second-order valence-corrected chi connectivity index (χ2v) is 4.73. The zero-order chi connectivity index (χ0) is 12.2. The van der Waals surface area contributed by atoms with E-state index in [2.05, 4.69) is 32.4 Å². The van der Waals surface area contributed by atoms with Crippen LogP contribution < -0.4 is 0 Å². The lowest BCUT2D eigenvalue weighted by Gasteiger charge is -2.05. The van der Waals surface area contributed by atoms with Crippen molar-refractivity contribution in [2.24, 2.45) is 5.41 Å². The van der Waals surface area contributed by atoms with Crippen molar-refractivity contribution in [2.45, 2.75) is 34.6 Å². The van der Waals surface area contributed by atoms with E-state index < -0.39 is 0 Å². The summed E-state index contributed by atoms with van der Waals surface area (Å²) in [5.74, 6) is 0. The van der Waals surface area contributed by atoms with E-state index in [1.165, 1.54) is 0 Å². The van der Waals surface area contributed by atoms with Crippen LogP contribution in [0.3, 0.4) is 0 Å². The van der Waals surface area contributed by atoms with Gasteiger partial charge in [-0.15, -0.1) is 0 Å². The van der Waals surface area contributed by atoms with Crippen LogP contribution in [0.15, 0.2) is 36.4 Å². The molecule has 0 aromatic heterocycles. The molecule has 1 aromatic carbocycles. The first-order valence-electron chi connectivity index (χ1n) is 5.40. The average molecular weight is 210 g/mol. The minimum absolute atomic E-state index is 0.500. The highest BCUT2D eigenvalue weighted by atomic mass is 16.5. The Morgan fingerprint density at radius 1 is 0.800 bits per heavy atom. The van der Waals surface area contributed by atoms with Crippen molar-refractivity contribution in [3.8, 4) is 0 Å². The molecule has 0 atom stereocenters. The maximum Gasteiger partial charge on any atom is 0.0433 e. The summed E-state index contributed by atoms with van der Waals surface area (Å²) >= 11 is 0. The monoisotopic (exact) mass is 210 g/mol. The van der Waals surface area contributed by atoms with E-state index in [1.54, 1.807) is 7.11 Å². The Labute approximate surface area is 95.5 Å². The summed E-state index contributed by atoms with van der Waals surface area (Å²) < 4.78 is 4.54. The van der Waals surface area contributed by atoms with Gasteiger partial charge >= 0.3 is 0 Å². The fourth-order valence-corrected chi connectivity index (χ4v) is 0.385. The number of rotatable bonds is 1. The van der Waals surface area contributed by atoms with Gasteiger partial charge in [0.1, 0.15) is 0 Å². The Morgan fingerprint density at radius 3 is 1.00 bits per heavy atom. The Bertz CT molecular complexity index is 152. The Hall–Kier alpha value is -0.820. The molecule has 0 unspecified atom stereocenters. The molecule has 0 saturated carbocycles. The molecule has 0 aliphatic heterocycles. The van der Waals surface area contributed by atoms with E-state index in [4.69, 9.17) is 0 Å². The lowest BCUT2D eigenvalue weighted by atomic mass is 10.0. The van der Waals surface area contributed by atoms with Crippen LogP contribution >= 0.6 is 0 Å². The molecule has 1 heteroatoms. The van der Waals surface area contributed by atoms with Crippen LogP contribution in [-0.4, -0.2) is 13.7 Å². The lowest BCUT2D eigenvalue weighted by Crippen LogP contribution is -1.93. The van der Waals surface area contributed by atoms with Crippen molar-refractivity contribution in [1.82, 2.24) is 0 Å². The van der Waals surface area contributed by atoms with Crippen LogP contribution in [0.5, 0.6) is 0 Å². The van der Waals surface area contributed by atoms with Crippen molar-refractivity contribution >= 4 is 0 Å². The Kier molecular flexibility index (Phi) is 12.5. The van der Waals surface area contributed by atoms with Gasteiger partial charge < -0.3 is 4.74 Å². The summed E-state index contributed by atoms with van der Waals surface area (Å²) in [5, 5.41) is 0. The molecule has 1 nitrogen and oxygen atoms in total. The number of methoxy groups -OCH3 is 1. The fraction of sp³-hybridized carbons (Fsp3) is 0.571. The van der Waals surface area contributed by atoms with E-state index in [9.17, 15) is 0 Å². The molecule has 0 saturated heterocycles. The number of hydrogen-bond donors (Lipinski definition) is 0. The van der Waals surface area contributed by atoms with E-state index >= 15 is 0 Å². The second-order valence-electron chi connectivity index (χ2n) is 4.73. The van der Waals surface area contributed by atoms with E-state index in [0.717, 1.165) is 6.61 Å². The van der Waals surface area contributed by atoms with Gasteiger partial charge in [0.25, 0.3) is 0 Å². The maximum absolute atomic E-state index is 4.54. The summed E-state index contributed by atoms with van der Waals surface area (Å²) in [6.45, 7) is 11.5. The molecular formula is C14H26O. The molecule has 0 aliphatic carbocycles. The quantitative estimate of drug-likeness (QED) is 0.668. The first kappa shape index (κ1) is 16.6. The molecule has 0 radical (unpaired) electrons. The first-order chi connectivity index (χ1) is 6.91. The third kappa shape index (κ3) is 43.1. The summed E-state index contributed by atoms with van der Waals surface area (Å²) in [6, 6.07) is 12.0. The van der Waals surface area contributed by atoms with Crippen molar-refractivity contribution in [1.29, 1.82) is 0 Å². The normalized spacial score (nSPS) is 9.20. The largest absolute Gasteiger partial charge is 0.385 e. The van der Waals surface area contributed by atoms with Crippen LogP contribution in [0, 0.1) is 5.41 Å². The lowest BCUT2D eigenvalue weighted by molar-refractivity contribution is 0.215. The second kappa shape index (κ2) is 11.3. The van der Waals surface area contributed by atoms with Gasteiger partial charge in [-0.3, -0.25) is 0 Å². The average Bonchev–Trinajstić information content (AvgIpc) is 2.18. The van der Waals surface area contributed by atoms with E-state index in [1.807, 2.05) is 43.3 Å². The van der Waals surface area contributed by atoms with Crippen molar-refractivity contribution < 1.29 is 4.74 Å². The molecule has 88 valence electrons. The standard InChI is InChI=1S/C6H6.C5H12.C3H8O/c1-2-4-6-5-3-1;1-5(2,3)4;1-3-4-2/h1-6H;1-4H3;3H2,1-2H3. The van der Waals surface area contributed by atoms with Gasteiger partial charge in [0, 0.05) is 13.7 Å². The topological polar surface area (TPSA) is 9.23 Å². The molecule has 0 amide bonds. The van der Waals surface area contributed by atoms with Crippen LogP contribution in [0.1, 0.15) is 34.6 Å². The molecule has 1 aromatic rings. The summed E-state index contributed by atoms with van der Waals surface area (Å²) in [6.07, 6.45) is 0. The predicted octanol–water partition coefficient (Wildman–Crippen LogP) is 4.39. The zero-order valence-electron chi connectivity index (χ0n) is 11.1. The molecule has 0 fully saturated rings. The fourth-order valence-electron chi connectivity index (χ4n) is 0.385. The molecule has 15 heavy (non-hydrogen) atoms. The van der Waals surface area contributed by atoms with Gasteiger partial charge in [0.15, 0.2) is 0 Å². The highest BCUT2D eigenvalue weighted by molar-refractivity contribution is 4.99. The highest BCUT2D eigenvalue weighted by Crippen LogP contribution is 2.08. The molecule has 0 bridgehead atoms. The van der Waals surface area contributed by atoms with Crippen LogP contribution in [0.25, 0.3) is 0 Å². The number of ether oxygens (including phenoxy) is 1. The van der Waals surface area contributed by atoms with Crippen LogP contribution in [-0.2, 0) is 4.74 Å². The van der Waals surface area contributed by atoms with Gasteiger partial charge in [-0.1, -0.05) is 64.1 Å². The summed E-state index contributed by atoms with van der Waals surface area (Å²) in [4.78, 5) is 0. The van der Waals surface area contributed by atoms with Gasteiger partial charge in [-0.05, 0) is 12.3 Å². The third-order valence-corrected chi connectivity index (χ3v) is 0.955. The Balaban J connectivity index is 0. The smallest absolute Gasteiger partial charge is 0.0433 e. The summed E-state index contributed by atoms with van der Waals surface area (Å²) in [7, 11) is 1.68. The molecule has 0 aliphatic rings. The van der Waals surface area contributed by atoms with Crippen molar-refractivity contribution in [2.75, 3.05) is 13.7 Å². The molecular weight excluding hydrogens is 184 g/mol. The number of hydrogen-bond acceptors (Lipinski definition) is 1. The molecule has 0 spiro atoms. The molecule has 1 rings (SSSR count). The minimum atomic E-state index is 0.500. The highest BCUT2D eigenvalue weighted by Gasteiger charge is 1.95. The first-order valence-corrected chi connectivity index (χ1v) is 5.40. The van der Waals surface area contributed by atoms with Crippen LogP contribution in [0.2, 0.25) is 0 Å². The van der Waals surface area contributed by atoms with Gasteiger partial charge in [-0.2, -0.15) is 0 Å². The van der Waals surface area contributed by atoms with E-state index in [0.29, 0.717) is 5.41 Å². The van der Waals surface area contributed by atoms with Gasteiger partial charge in [-0.25, -0.2) is 0 Å². The van der Waals surface area contributed by atoms with Crippen LogP contribution in [0.4, 0.5) is 0 Å². The third-order valence-electron chi connectivity index (χ3n) is 0.955. The Morgan fingerprint density at radius 2 is 0.933 bits per heavy atom. The maximum atomic E-state index is 4.54. The SMILES string of the molecule is CC(C)(C)C.CCOC.c1ccccc1. The molecule has 0 N–H and O–H groups in total. The summed E-state index contributed by atoms with van der Waals surface area (Å²) in [5.41, 5.74) is 0.500. The molecule has 0 heterocycles. The van der Waals surface area contributed by atoms with Gasteiger partial charge in [0.05, 0.1) is 0 Å². The minimum Gasteiger partial charge on any atom is -0.385 e. The van der Waals surface area contributed by atoms with Crippen molar-refractivity contribution in [3.63, 3.8) is 0 Å². The van der Waals surface area contributed by atoms with Crippen molar-refractivity contribution in [3.05, 3.63) is 36.4 Å². The van der Waals surface area contributed by atoms with Gasteiger partial charge in [0.2, 0.25) is 0 Å².